The summed E-state index contributed by atoms with van der Waals surface area (Å²) < 4.78 is 5.68. The summed E-state index contributed by atoms with van der Waals surface area (Å²) in [4.78, 5) is 12.9. The molecule has 1 aliphatic rings. The van der Waals surface area contributed by atoms with E-state index in [0.717, 1.165) is 44.6 Å². The first-order valence-electron chi connectivity index (χ1n) is 7.43. The molecule has 0 spiro atoms. The number of ether oxygens (including phenoxy) is 1. The molecule has 2 rings (SSSR count). The van der Waals surface area contributed by atoms with Crippen LogP contribution in [0.25, 0.3) is 0 Å². The fourth-order valence-corrected chi connectivity index (χ4v) is 2.68. The highest BCUT2D eigenvalue weighted by Gasteiger charge is 2.19. The first-order valence-corrected chi connectivity index (χ1v) is 7.43. The molecule has 0 aromatic heterocycles. The largest absolute Gasteiger partial charge is 0.383 e. The quantitative estimate of drug-likeness (QED) is 0.618. The molecule has 1 fully saturated rings. The summed E-state index contributed by atoms with van der Waals surface area (Å²) in [7, 11) is 1.70. The monoisotopic (exact) mass is 293 g/mol. The molecule has 1 heterocycles. The molecule has 0 bridgehead atoms. The van der Waals surface area contributed by atoms with Crippen molar-refractivity contribution in [3.63, 3.8) is 0 Å². The molecule has 0 radical (unpaired) electrons. The molecule has 1 aromatic carbocycles. The van der Waals surface area contributed by atoms with Gasteiger partial charge in [0.25, 0.3) is 5.69 Å². The van der Waals surface area contributed by atoms with Crippen LogP contribution in [-0.2, 0) is 11.3 Å². The summed E-state index contributed by atoms with van der Waals surface area (Å²) in [6.45, 7) is 5.63. The minimum absolute atomic E-state index is 0.114. The van der Waals surface area contributed by atoms with Gasteiger partial charge in [-0.25, -0.2) is 0 Å². The van der Waals surface area contributed by atoms with E-state index >= 15 is 0 Å². The van der Waals surface area contributed by atoms with Crippen molar-refractivity contribution in [2.45, 2.75) is 32.4 Å². The first kappa shape index (κ1) is 15.7. The highest BCUT2D eigenvalue weighted by molar-refractivity contribution is 5.62. The summed E-state index contributed by atoms with van der Waals surface area (Å²) in [5.74, 6) is 0. The topological polar surface area (TPSA) is 67.6 Å². The summed E-state index contributed by atoms with van der Waals surface area (Å²) in [5.41, 5.74) is 1.75. The summed E-state index contributed by atoms with van der Waals surface area (Å²) in [6.07, 6.45) is 2.59. The molecule has 0 amide bonds. The predicted octanol–water partition coefficient (Wildman–Crippen LogP) is 2.64. The predicted molar refractivity (Wildman–Crippen MR) is 82.6 cm³/mol. The van der Waals surface area contributed by atoms with E-state index in [1.54, 1.807) is 13.1 Å². The molecule has 21 heavy (non-hydrogen) atoms. The highest BCUT2D eigenvalue weighted by Crippen LogP contribution is 2.25. The van der Waals surface area contributed by atoms with Crippen LogP contribution < -0.4 is 5.32 Å². The average Bonchev–Trinajstić information content (AvgIpc) is 2.99. The zero-order valence-electron chi connectivity index (χ0n) is 12.7. The number of nitro benzene ring substituents is 1. The van der Waals surface area contributed by atoms with Gasteiger partial charge in [0.05, 0.1) is 11.0 Å². The Labute approximate surface area is 125 Å². The van der Waals surface area contributed by atoms with Crippen molar-refractivity contribution in [3.05, 3.63) is 33.9 Å². The second-order valence-corrected chi connectivity index (χ2v) is 5.32. The number of nitro groups is 1. The Morgan fingerprint density at radius 2 is 2.33 bits per heavy atom. The number of likely N-dealkylation sites (N-methyl/N-ethyl adjacent to an activating group) is 1. The van der Waals surface area contributed by atoms with E-state index in [2.05, 4.69) is 17.1 Å². The van der Waals surface area contributed by atoms with Crippen LogP contribution in [0, 0.1) is 10.1 Å². The fourth-order valence-electron chi connectivity index (χ4n) is 2.68. The molecule has 1 aromatic rings. The van der Waals surface area contributed by atoms with E-state index in [1.165, 1.54) is 0 Å². The number of nitrogens with one attached hydrogen (secondary N) is 1. The van der Waals surface area contributed by atoms with E-state index < -0.39 is 0 Å². The van der Waals surface area contributed by atoms with Crippen molar-refractivity contribution >= 4 is 11.4 Å². The molecule has 0 aliphatic carbocycles. The van der Waals surface area contributed by atoms with Gasteiger partial charge in [-0.3, -0.25) is 15.0 Å². The number of anilines is 1. The lowest BCUT2D eigenvalue weighted by molar-refractivity contribution is -0.384. The van der Waals surface area contributed by atoms with Crippen molar-refractivity contribution in [3.8, 4) is 0 Å². The van der Waals surface area contributed by atoms with E-state index in [4.69, 9.17) is 4.74 Å². The Balaban J connectivity index is 2.04. The van der Waals surface area contributed by atoms with E-state index in [9.17, 15) is 10.1 Å². The smallest absolute Gasteiger partial charge is 0.292 e. The van der Waals surface area contributed by atoms with Crippen molar-refractivity contribution in [1.82, 2.24) is 4.90 Å². The second-order valence-electron chi connectivity index (χ2n) is 5.32. The second kappa shape index (κ2) is 7.38. The average molecular weight is 293 g/mol. The molecule has 1 N–H and O–H groups in total. The van der Waals surface area contributed by atoms with Crippen LogP contribution in [0.1, 0.15) is 25.3 Å². The van der Waals surface area contributed by atoms with E-state index in [0.29, 0.717) is 11.8 Å². The number of hydrogen-bond acceptors (Lipinski definition) is 5. The van der Waals surface area contributed by atoms with Crippen LogP contribution in [0.2, 0.25) is 0 Å². The molecule has 6 nitrogen and oxygen atoms in total. The van der Waals surface area contributed by atoms with Gasteiger partial charge in [-0.05, 0) is 31.0 Å². The van der Waals surface area contributed by atoms with Gasteiger partial charge in [0, 0.05) is 32.8 Å². The molecule has 1 atom stereocenters. The molecule has 116 valence electrons. The number of rotatable bonds is 7. The van der Waals surface area contributed by atoms with Crippen LogP contribution in [-0.4, -0.2) is 42.7 Å². The third-order valence-corrected chi connectivity index (χ3v) is 3.87. The van der Waals surface area contributed by atoms with Gasteiger partial charge in [-0.1, -0.05) is 13.0 Å². The minimum atomic E-state index is -0.362. The molecule has 1 unspecified atom stereocenters. The zero-order valence-corrected chi connectivity index (χ0v) is 12.7. The molecule has 1 aliphatic heterocycles. The lowest BCUT2D eigenvalue weighted by atomic mass is 10.1. The minimum Gasteiger partial charge on any atom is -0.383 e. The molecule has 0 saturated carbocycles. The Morgan fingerprint density at radius 1 is 1.52 bits per heavy atom. The van der Waals surface area contributed by atoms with Crippen LogP contribution in [0.4, 0.5) is 11.4 Å². The Morgan fingerprint density at radius 3 is 2.90 bits per heavy atom. The maximum atomic E-state index is 10.9. The maximum absolute atomic E-state index is 10.9. The van der Waals surface area contributed by atoms with E-state index in [-0.39, 0.29) is 10.6 Å². The van der Waals surface area contributed by atoms with Gasteiger partial charge in [0.2, 0.25) is 0 Å². The van der Waals surface area contributed by atoms with Crippen molar-refractivity contribution in [2.24, 2.45) is 0 Å². The van der Waals surface area contributed by atoms with Crippen LogP contribution in [0.15, 0.2) is 18.2 Å². The van der Waals surface area contributed by atoms with Crippen LogP contribution in [0.3, 0.4) is 0 Å². The fraction of sp³-hybridized carbons (Fsp3) is 0.600. The molecular formula is C15H23N3O3. The standard InChI is InChI=1S/C15H23N3O3/c1-3-17(11-13-5-4-8-21-13)10-12-6-7-15(18(19)20)14(9-12)16-2/h6-7,9,13,16H,3-5,8,10-11H2,1-2H3. The number of nitrogens with zero attached hydrogens (tertiary/aromatic N) is 2. The zero-order chi connectivity index (χ0) is 15.2. The van der Waals surface area contributed by atoms with Crippen molar-refractivity contribution in [2.75, 3.05) is 32.1 Å². The van der Waals surface area contributed by atoms with Gasteiger partial charge in [-0.2, -0.15) is 0 Å². The van der Waals surface area contributed by atoms with E-state index in [1.807, 2.05) is 12.1 Å². The molecule has 1 saturated heterocycles. The van der Waals surface area contributed by atoms with Crippen molar-refractivity contribution in [1.29, 1.82) is 0 Å². The van der Waals surface area contributed by atoms with Gasteiger partial charge < -0.3 is 10.1 Å². The molecular weight excluding hydrogens is 270 g/mol. The normalized spacial score (nSPS) is 18.1. The number of benzene rings is 1. The van der Waals surface area contributed by atoms with Gasteiger partial charge in [-0.15, -0.1) is 0 Å². The molecule has 6 heteroatoms. The van der Waals surface area contributed by atoms with Gasteiger partial charge in [0.15, 0.2) is 0 Å². The Bertz CT molecular complexity index is 487. The van der Waals surface area contributed by atoms with Crippen LogP contribution in [0.5, 0.6) is 0 Å². The first-order chi connectivity index (χ1) is 10.1. The SMILES string of the molecule is CCN(Cc1ccc([N+](=O)[O-])c(NC)c1)CC1CCCO1. The maximum Gasteiger partial charge on any atom is 0.292 e. The third-order valence-electron chi connectivity index (χ3n) is 3.87. The third kappa shape index (κ3) is 4.15. The Hall–Kier alpha value is -1.66. The van der Waals surface area contributed by atoms with Gasteiger partial charge in [0.1, 0.15) is 5.69 Å². The number of hydrogen-bond donors (Lipinski definition) is 1. The summed E-state index contributed by atoms with van der Waals surface area (Å²) >= 11 is 0. The van der Waals surface area contributed by atoms with Crippen LogP contribution >= 0.6 is 0 Å². The highest BCUT2D eigenvalue weighted by atomic mass is 16.6. The summed E-state index contributed by atoms with van der Waals surface area (Å²) in [5, 5.41) is 13.8. The Kier molecular flexibility index (Phi) is 5.52. The lowest BCUT2D eigenvalue weighted by Crippen LogP contribution is -2.31. The van der Waals surface area contributed by atoms with Crippen molar-refractivity contribution < 1.29 is 9.66 Å². The van der Waals surface area contributed by atoms with Gasteiger partial charge >= 0.3 is 0 Å². The lowest BCUT2D eigenvalue weighted by Gasteiger charge is -2.23. The summed E-state index contributed by atoms with van der Waals surface area (Å²) in [6, 6.07) is 5.26.